The molecule has 4 nitrogen and oxygen atoms in total. The van der Waals surface area contributed by atoms with Crippen molar-refractivity contribution in [2.75, 3.05) is 5.73 Å². The Morgan fingerprint density at radius 3 is 2.72 bits per heavy atom. The summed E-state index contributed by atoms with van der Waals surface area (Å²) in [5.74, 6) is 0.0723. The van der Waals surface area contributed by atoms with Crippen LogP contribution in [0, 0.1) is 19.7 Å². The Bertz CT molecular complexity index is 604. The van der Waals surface area contributed by atoms with Gasteiger partial charge in [-0.05, 0) is 37.1 Å². The SMILES string of the molecule is Cc1ccc(F)cc1Oc1nc(Cl)nc(C)c1N. The summed E-state index contributed by atoms with van der Waals surface area (Å²) in [6.07, 6.45) is 0. The third-order valence-corrected chi connectivity index (χ3v) is 2.60. The largest absolute Gasteiger partial charge is 0.437 e. The van der Waals surface area contributed by atoms with Gasteiger partial charge in [0.05, 0.1) is 5.69 Å². The summed E-state index contributed by atoms with van der Waals surface area (Å²) in [7, 11) is 0. The first-order chi connectivity index (χ1) is 8.47. The Balaban J connectivity index is 2.43. The van der Waals surface area contributed by atoms with Crippen LogP contribution >= 0.6 is 11.6 Å². The molecule has 1 aromatic carbocycles. The van der Waals surface area contributed by atoms with Gasteiger partial charge in [-0.2, -0.15) is 4.98 Å². The van der Waals surface area contributed by atoms with Crippen molar-refractivity contribution in [3.8, 4) is 11.6 Å². The van der Waals surface area contributed by atoms with E-state index in [-0.39, 0.29) is 16.9 Å². The second-order valence-electron chi connectivity index (χ2n) is 3.81. The molecular formula is C12H11ClFN3O. The average molecular weight is 268 g/mol. The molecule has 0 radical (unpaired) electrons. The van der Waals surface area contributed by atoms with Crippen LogP contribution in [0.5, 0.6) is 11.6 Å². The molecule has 0 aliphatic carbocycles. The Kier molecular flexibility index (Phi) is 3.34. The molecule has 2 N–H and O–H groups in total. The molecule has 0 saturated carbocycles. The third kappa shape index (κ3) is 2.51. The van der Waals surface area contributed by atoms with Gasteiger partial charge in [-0.3, -0.25) is 0 Å². The van der Waals surface area contributed by atoms with E-state index in [4.69, 9.17) is 22.1 Å². The zero-order valence-corrected chi connectivity index (χ0v) is 10.6. The van der Waals surface area contributed by atoms with Gasteiger partial charge in [0.2, 0.25) is 11.2 Å². The van der Waals surface area contributed by atoms with Crippen molar-refractivity contribution < 1.29 is 9.13 Å². The number of aryl methyl sites for hydroxylation is 2. The van der Waals surface area contributed by atoms with Gasteiger partial charge < -0.3 is 10.5 Å². The van der Waals surface area contributed by atoms with Crippen LogP contribution in [0.4, 0.5) is 10.1 Å². The lowest BCUT2D eigenvalue weighted by atomic mass is 10.2. The van der Waals surface area contributed by atoms with Gasteiger partial charge >= 0.3 is 0 Å². The van der Waals surface area contributed by atoms with Crippen molar-refractivity contribution in [1.29, 1.82) is 0 Å². The van der Waals surface area contributed by atoms with E-state index >= 15 is 0 Å². The van der Waals surface area contributed by atoms with Gasteiger partial charge in [-0.15, -0.1) is 0 Å². The second kappa shape index (κ2) is 4.78. The smallest absolute Gasteiger partial charge is 0.247 e. The van der Waals surface area contributed by atoms with Gasteiger partial charge in [-0.1, -0.05) is 6.07 Å². The van der Waals surface area contributed by atoms with Crippen LogP contribution < -0.4 is 10.5 Å². The van der Waals surface area contributed by atoms with Crippen molar-refractivity contribution >= 4 is 17.3 Å². The van der Waals surface area contributed by atoms with Crippen LogP contribution in [0.25, 0.3) is 0 Å². The van der Waals surface area contributed by atoms with Crippen LogP contribution in [0.3, 0.4) is 0 Å². The van der Waals surface area contributed by atoms with Gasteiger partial charge in [0.1, 0.15) is 17.3 Å². The fraction of sp³-hybridized carbons (Fsp3) is 0.167. The van der Waals surface area contributed by atoms with Crippen molar-refractivity contribution in [3.63, 3.8) is 0 Å². The summed E-state index contributed by atoms with van der Waals surface area (Å²) >= 11 is 5.73. The van der Waals surface area contributed by atoms with E-state index in [1.807, 2.05) is 0 Å². The third-order valence-electron chi connectivity index (χ3n) is 2.43. The van der Waals surface area contributed by atoms with Crippen LogP contribution in [0.1, 0.15) is 11.3 Å². The number of rotatable bonds is 2. The monoisotopic (exact) mass is 267 g/mol. The van der Waals surface area contributed by atoms with E-state index in [2.05, 4.69) is 9.97 Å². The highest BCUT2D eigenvalue weighted by Crippen LogP contribution is 2.30. The molecule has 1 aromatic heterocycles. The van der Waals surface area contributed by atoms with E-state index < -0.39 is 5.82 Å². The number of halogens is 2. The van der Waals surface area contributed by atoms with Crippen molar-refractivity contribution in [2.24, 2.45) is 0 Å². The molecule has 0 aliphatic rings. The molecule has 0 unspecified atom stereocenters. The highest BCUT2D eigenvalue weighted by atomic mass is 35.5. The van der Waals surface area contributed by atoms with Crippen LogP contribution in [-0.2, 0) is 0 Å². The van der Waals surface area contributed by atoms with Crippen LogP contribution in [-0.4, -0.2) is 9.97 Å². The lowest BCUT2D eigenvalue weighted by Gasteiger charge is -2.11. The molecule has 2 rings (SSSR count). The fourth-order valence-corrected chi connectivity index (χ4v) is 1.59. The number of ether oxygens (including phenoxy) is 1. The van der Waals surface area contributed by atoms with E-state index in [9.17, 15) is 4.39 Å². The van der Waals surface area contributed by atoms with Gasteiger partial charge in [0.25, 0.3) is 0 Å². The lowest BCUT2D eigenvalue weighted by Crippen LogP contribution is -2.01. The number of hydrogen-bond donors (Lipinski definition) is 1. The summed E-state index contributed by atoms with van der Waals surface area (Å²) in [5.41, 5.74) is 7.35. The average Bonchev–Trinajstić information content (AvgIpc) is 2.30. The predicted molar refractivity (Wildman–Crippen MR) is 67.4 cm³/mol. The van der Waals surface area contributed by atoms with E-state index in [0.29, 0.717) is 11.4 Å². The quantitative estimate of drug-likeness (QED) is 0.849. The van der Waals surface area contributed by atoms with Crippen LogP contribution in [0.2, 0.25) is 5.28 Å². The molecule has 0 bridgehead atoms. The normalized spacial score (nSPS) is 10.4. The molecule has 1 heterocycles. The maximum absolute atomic E-state index is 13.1. The molecule has 0 fully saturated rings. The first kappa shape index (κ1) is 12.6. The Labute approximate surface area is 109 Å². The molecule has 0 saturated heterocycles. The van der Waals surface area contributed by atoms with Crippen LogP contribution in [0.15, 0.2) is 18.2 Å². The number of nitrogen functional groups attached to an aromatic ring is 1. The number of anilines is 1. The van der Waals surface area contributed by atoms with Crippen molar-refractivity contribution in [3.05, 3.63) is 40.6 Å². The maximum Gasteiger partial charge on any atom is 0.247 e. The minimum Gasteiger partial charge on any atom is -0.437 e. The molecule has 18 heavy (non-hydrogen) atoms. The predicted octanol–water partition coefficient (Wildman–Crippen LogP) is 3.26. The number of benzene rings is 1. The molecule has 0 spiro atoms. The zero-order valence-electron chi connectivity index (χ0n) is 9.87. The van der Waals surface area contributed by atoms with E-state index in [1.165, 1.54) is 12.1 Å². The molecular weight excluding hydrogens is 257 g/mol. The van der Waals surface area contributed by atoms with E-state index in [0.717, 1.165) is 5.56 Å². The topological polar surface area (TPSA) is 61.0 Å². The Morgan fingerprint density at radius 2 is 2.00 bits per heavy atom. The second-order valence-corrected chi connectivity index (χ2v) is 4.15. The molecule has 2 aromatic rings. The Hall–Kier alpha value is -1.88. The van der Waals surface area contributed by atoms with Gasteiger partial charge in [0.15, 0.2) is 0 Å². The van der Waals surface area contributed by atoms with Gasteiger partial charge in [0, 0.05) is 6.07 Å². The molecule has 94 valence electrons. The first-order valence-corrected chi connectivity index (χ1v) is 5.59. The molecule has 6 heteroatoms. The first-order valence-electron chi connectivity index (χ1n) is 5.21. The highest BCUT2D eigenvalue weighted by Gasteiger charge is 2.11. The maximum atomic E-state index is 13.1. The molecule has 0 atom stereocenters. The zero-order chi connectivity index (χ0) is 13.3. The summed E-state index contributed by atoms with van der Waals surface area (Å²) in [6.45, 7) is 3.48. The number of hydrogen-bond acceptors (Lipinski definition) is 4. The number of nitrogens with zero attached hydrogens (tertiary/aromatic N) is 2. The van der Waals surface area contributed by atoms with E-state index in [1.54, 1.807) is 19.9 Å². The summed E-state index contributed by atoms with van der Waals surface area (Å²) in [5, 5.41) is 0.0331. The number of aromatic nitrogens is 2. The Morgan fingerprint density at radius 1 is 1.28 bits per heavy atom. The molecule has 0 aliphatic heterocycles. The summed E-state index contributed by atoms with van der Waals surface area (Å²) in [4.78, 5) is 7.77. The number of nitrogens with two attached hydrogens (primary N) is 1. The molecule has 0 amide bonds. The van der Waals surface area contributed by atoms with Gasteiger partial charge in [-0.25, -0.2) is 9.37 Å². The minimum absolute atomic E-state index is 0.0331. The standard InChI is InChI=1S/C12H11ClFN3O/c1-6-3-4-8(14)5-9(6)18-11-10(15)7(2)16-12(13)17-11/h3-5H,15H2,1-2H3. The lowest BCUT2D eigenvalue weighted by molar-refractivity contribution is 0.455. The minimum atomic E-state index is -0.397. The summed E-state index contributed by atoms with van der Waals surface area (Å²) < 4.78 is 18.6. The van der Waals surface area contributed by atoms with Crippen molar-refractivity contribution in [2.45, 2.75) is 13.8 Å². The van der Waals surface area contributed by atoms with Crippen molar-refractivity contribution in [1.82, 2.24) is 9.97 Å². The summed E-state index contributed by atoms with van der Waals surface area (Å²) in [6, 6.07) is 4.22. The highest BCUT2D eigenvalue weighted by molar-refractivity contribution is 6.28. The fourth-order valence-electron chi connectivity index (χ4n) is 1.39.